The van der Waals surface area contributed by atoms with E-state index in [0.29, 0.717) is 24.7 Å². The van der Waals surface area contributed by atoms with Gasteiger partial charge < -0.3 is 10.2 Å². The lowest BCUT2D eigenvalue weighted by Gasteiger charge is -2.28. The largest absolute Gasteiger partial charge is 0.354 e. The predicted octanol–water partition coefficient (Wildman–Crippen LogP) is 0.811. The van der Waals surface area contributed by atoms with E-state index in [1.807, 2.05) is 12.1 Å². The summed E-state index contributed by atoms with van der Waals surface area (Å²) in [4.78, 5) is 18.1. The fourth-order valence-corrected chi connectivity index (χ4v) is 2.88. The highest BCUT2D eigenvalue weighted by Crippen LogP contribution is 2.32. The molecular formula is C13H14N4O. The molecule has 0 aliphatic carbocycles. The average Bonchev–Trinajstić information content (AvgIpc) is 2.70. The van der Waals surface area contributed by atoms with Gasteiger partial charge in [0.2, 0.25) is 5.91 Å². The molecule has 0 saturated carbocycles. The van der Waals surface area contributed by atoms with Crippen molar-refractivity contribution in [1.82, 2.24) is 10.3 Å². The molecule has 2 aliphatic heterocycles. The third-order valence-electron chi connectivity index (χ3n) is 3.69. The Bertz CT molecular complexity index is 522. The van der Waals surface area contributed by atoms with Crippen molar-refractivity contribution in [2.24, 2.45) is 0 Å². The van der Waals surface area contributed by atoms with Gasteiger partial charge in [-0.15, -0.1) is 0 Å². The molecule has 0 radical (unpaired) electrons. The van der Waals surface area contributed by atoms with E-state index in [-0.39, 0.29) is 11.9 Å². The second-order valence-corrected chi connectivity index (χ2v) is 4.79. The van der Waals surface area contributed by atoms with E-state index < -0.39 is 0 Å². The molecular weight excluding hydrogens is 228 g/mol. The van der Waals surface area contributed by atoms with Gasteiger partial charge >= 0.3 is 0 Å². The standard InChI is InChI=1S/C13H14N4O/c14-7-9-2-1-3-12(16-9)17-10-4-5-11(17)8-15-13(18)6-10/h1-3,10-11H,4-6,8H2,(H,15,18)/t10-,11+/m1/s1. The van der Waals surface area contributed by atoms with E-state index in [9.17, 15) is 4.79 Å². The minimum atomic E-state index is 0.114. The lowest BCUT2D eigenvalue weighted by atomic mass is 10.1. The highest BCUT2D eigenvalue weighted by Gasteiger charge is 2.38. The molecule has 0 unspecified atom stereocenters. The number of hydrogen-bond acceptors (Lipinski definition) is 4. The maximum atomic E-state index is 11.6. The second kappa shape index (κ2) is 4.30. The SMILES string of the molecule is N#Cc1cccc(N2[C@@H]3CC[C@H]2CNC(=O)C3)n1. The van der Waals surface area contributed by atoms with E-state index in [1.165, 1.54) is 0 Å². The third-order valence-corrected chi connectivity index (χ3v) is 3.69. The number of aromatic nitrogens is 1. The lowest BCUT2D eigenvalue weighted by molar-refractivity contribution is -0.121. The lowest BCUT2D eigenvalue weighted by Crippen LogP contribution is -2.38. The minimum Gasteiger partial charge on any atom is -0.354 e. The molecule has 3 heterocycles. The number of carbonyl (C=O) groups excluding carboxylic acids is 1. The van der Waals surface area contributed by atoms with Crippen molar-refractivity contribution in [2.75, 3.05) is 11.4 Å². The van der Waals surface area contributed by atoms with Crippen LogP contribution in [0.1, 0.15) is 25.0 Å². The molecule has 5 nitrogen and oxygen atoms in total. The molecule has 92 valence electrons. The number of pyridine rings is 1. The quantitative estimate of drug-likeness (QED) is 0.791. The highest BCUT2D eigenvalue weighted by molar-refractivity contribution is 5.78. The van der Waals surface area contributed by atoms with Gasteiger partial charge in [0.15, 0.2) is 0 Å². The number of nitrogens with zero attached hydrogens (tertiary/aromatic N) is 3. The van der Waals surface area contributed by atoms with Gasteiger partial charge in [-0.05, 0) is 25.0 Å². The Balaban J connectivity index is 1.95. The van der Waals surface area contributed by atoms with E-state index >= 15 is 0 Å². The van der Waals surface area contributed by atoms with E-state index in [1.54, 1.807) is 6.07 Å². The molecule has 2 atom stereocenters. The van der Waals surface area contributed by atoms with Gasteiger partial charge in [0.05, 0.1) is 0 Å². The molecule has 1 N–H and O–H groups in total. The van der Waals surface area contributed by atoms with Crippen LogP contribution >= 0.6 is 0 Å². The first-order chi connectivity index (χ1) is 8.78. The zero-order valence-electron chi connectivity index (χ0n) is 9.97. The summed E-state index contributed by atoms with van der Waals surface area (Å²) >= 11 is 0. The molecule has 1 aromatic rings. The molecule has 5 heteroatoms. The number of amides is 1. The smallest absolute Gasteiger partial charge is 0.222 e. The van der Waals surface area contributed by atoms with Gasteiger partial charge in [-0.1, -0.05) is 6.07 Å². The highest BCUT2D eigenvalue weighted by atomic mass is 16.1. The summed E-state index contributed by atoms with van der Waals surface area (Å²) in [5.74, 6) is 0.932. The maximum absolute atomic E-state index is 11.6. The Morgan fingerprint density at radius 3 is 3.06 bits per heavy atom. The summed E-state index contributed by atoms with van der Waals surface area (Å²) in [6, 6.07) is 8.06. The Labute approximate surface area is 105 Å². The van der Waals surface area contributed by atoms with E-state index in [0.717, 1.165) is 18.7 Å². The van der Waals surface area contributed by atoms with Crippen LogP contribution in [0, 0.1) is 11.3 Å². The Morgan fingerprint density at radius 2 is 2.22 bits per heavy atom. The van der Waals surface area contributed by atoms with Gasteiger partial charge in [-0.25, -0.2) is 4.98 Å². The van der Waals surface area contributed by atoms with Crippen molar-refractivity contribution >= 4 is 11.7 Å². The van der Waals surface area contributed by atoms with Crippen LogP contribution in [-0.4, -0.2) is 29.5 Å². The number of fused-ring (bicyclic) bond motifs is 2. The Hall–Kier alpha value is -2.09. The Kier molecular flexibility index (Phi) is 2.63. The fourth-order valence-electron chi connectivity index (χ4n) is 2.88. The first-order valence-electron chi connectivity index (χ1n) is 6.20. The number of hydrogen-bond donors (Lipinski definition) is 1. The van der Waals surface area contributed by atoms with Gasteiger partial charge in [0.25, 0.3) is 0 Å². The third kappa shape index (κ3) is 1.80. The number of carbonyl (C=O) groups is 1. The normalized spacial score (nSPS) is 26.4. The molecule has 18 heavy (non-hydrogen) atoms. The molecule has 1 aromatic heterocycles. The molecule has 3 rings (SSSR count). The van der Waals surface area contributed by atoms with Crippen molar-refractivity contribution in [3.63, 3.8) is 0 Å². The molecule has 2 bridgehead atoms. The molecule has 2 aliphatic rings. The summed E-state index contributed by atoms with van der Waals surface area (Å²) in [6.07, 6.45) is 2.62. The fraction of sp³-hybridized carbons (Fsp3) is 0.462. The first-order valence-corrected chi connectivity index (χ1v) is 6.20. The number of anilines is 1. The van der Waals surface area contributed by atoms with Gasteiger partial charge in [0.1, 0.15) is 17.6 Å². The van der Waals surface area contributed by atoms with Crippen LogP contribution in [0.2, 0.25) is 0 Å². The first kappa shape index (κ1) is 11.0. The van der Waals surface area contributed by atoms with Crippen LogP contribution in [0.15, 0.2) is 18.2 Å². The predicted molar refractivity (Wildman–Crippen MR) is 65.9 cm³/mol. The maximum Gasteiger partial charge on any atom is 0.222 e. The van der Waals surface area contributed by atoms with Crippen LogP contribution in [0.5, 0.6) is 0 Å². The summed E-state index contributed by atoms with van der Waals surface area (Å²) in [5, 5.41) is 11.8. The van der Waals surface area contributed by atoms with Gasteiger partial charge in [-0.2, -0.15) is 5.26 Å². The molecule has 2 saturated heterocycles. The second-order valence-electron chi connectivity index (χ2n) is 4.79. The van der Waals surface area contributed by atoms with Gasteiger partial charge in [0, 0.05) is 25.0 Å². The average molecular weight is 242 g/mol. The summed E-state index contributed by atoms with van der Waals surface area (Å²) in [7, 11) is 0. The summed E-state index contributed by atoms with van der Waals surface area (Å²) in [6.45, 7) is 0.674. The minimum absolute atomic E-state index is 0.114. The molecule has 1 amide bonds. The van der Waals surface area contributed by atoms with Crippen LogP contribution in [0.4, 0.5) is 5.82 Å². The van der Waals surface area contributed by atoms with Crippen LogP contribution in [0.25, 0.3) is 0 Å². The molecule has 0 spiro atoms. The topological polar surface area (TPSA) is 69.0 Å². The number of nitriles is 1. The summed E-state index contributed by atoms with van der Waals surface area (Å²) in [5.41, 5.74) is 0.426. The van der Waals surface area contributed by atoms with Crippen molar-refractivity contribution in [3.8, 4) is 6.07 Å². The number of nitrogens with one attached hydrogen (secondary N) is 1. The van der Waals surface area contributed by atoms with Crippen molar-refractivity contribution in [1.29, 1.82) is 5.26 Å². The summed E-state index contributed by atoms with van der Waals surface area (Å²) < 4.78 is 0. The van der Waals surface area contributed by atoms with Crippen molar-refractivity contribution < 1.29 is 4.79 Å². The van der Waals surface area contributed by atoms with Crippen molar-refractivity contribution in [2.45, 2.75) is 31.3 Å². The molecule has 0 aromatic carbocycles. The van der Waals surface area contributed by atoms with Crippen LogP contribution in [0.3, 0.4) is 0 Å². The van der Waals surface area contributed by atoms with Crippen LogP contribution < -0.4 is 10.2 Å². The zero-order chi connectivity index (χ0) is 12.5. The van der Waals surface area contributed by atoms with E-state index in [2.05, 4.69) is 21.3 Å². The monoisotopic (exact) mass is 242 g/mol. The zero-order valence-corrected chi connectivity index (χ0v) is 9.97. The molecule has 2 fully saturated rings. The van der Waals surface area contributed by atoms with E-state index in [4.69, 9.17) is 5.26 Å². The van der Waals surface area contributed by atoms with Gasteiger partial charge in [-0.3, -0.25) is 4.79 Å². The van der Waals surface area contributed by atoms with Crippen LogP contribution in [-0.2, 0) is 4.79 Å². The van der Waals surface area contributed by atoms with Crippen molar-refractivity contribution in [3.05, 3.63) is 23.9 Å². The Morgan fingerprint density at radius 1 is 1.39 bits per heavy atom. The number of rotatable bonds is 1.